The van der Waals surface area contributed by atoms with Gasteiger partial charge in [-0.15, -0.1) is 0 Å². The number of hydrogen-bond acceptors (Lipinski definition) is 2. The van der Waals surface area contributed by atoms with Gasteiger partial charge in [0.15, 0.2) is 5.96 Å². The summed E-state index contributed by atoms with van der Waals surface area (Å²) in [6.45, 7) is 7.13. The fraction of sp³-hybridized carbons (Fsp3) is 0.909. The van der Waals surface area contributed by atoms with Gasteiger partial charge in [-0.2, -0.15) is 0 Å². The summed E-state index contributed by atoms with van der Waals surface area (Å²) in [4.78, 5) is 4.48. The molecule has 88 valence electrons. The molecule has 0 radical (unpaired) electrons. The predicted molar refractivity (Wildman–Crippen MR) is 62.9 cm³/mol. The Morgan fingerprint density at radius 3 is 2.73 bits per heavy atom. The highest BCUT2D eigenvalue weighted by Gasteiger charge is 2.38. The minimum atomic E-state index is 0.210. The van der Waals surface area contributed by atoms with E-state index in [0.717, 1.165) is 6.42 Å². The molecule has 0 heterocycles. The van der Waals surface area contributed by atoms with E-state index in [9.17, 15) is 0 Å². The summed E-state index contributed by atoms with van der Waals surface area (Å²) < 4.78 is 5.02. The van der Waals surface area contributed by atoms with Crippen LogP contribution in [0.1, 0.15) is 33.6 Å². The molecule has 2 atom stereocenters. The molecule has 3 N–H and O–H groups in total. The van der Waals surface area contributed by atoms with Gasteiger partial charge in [0, 0.05) is 13.2 Å². The van der Waals surface area contributed by atoms with Crippen molar-refractivity contribution >= 4 is 5.96 Å². The number of hydrogen-bond donors (Lipinski definition) is 2. The fourth-order valence-electron chi connectivity index (χ4n) is 1.84. The van der Waals surface area contributed by atoms with Gasteiger partial charge in [0.05, 0.1) is 12.6 Å². The summed E-state index contributed by atoms with van der Waals surface area (Å²) in [6, 6.07) is 0.585. The van der Waals surface area contributed by atoms with Crippen molar-refractivity contribution in [3.63, 3.8) is 0 Å². The van der Waals surface area contributed by atoms with E-state index in [1.54, 1.807) is 7.11 Å². The van der Waals surface area contributed by atoms with Crippen molar-refractivity contribution < 1.29 is 4.74 Å². The Bertz CT molecular complexity index is 238. The zero-order valence-corrected chi connectivity index (χ0v) is 10.2. The Morgan fingerprint density at radius 2 is 2.33 bits per heavy atom. The number of aliphatic imine (C=N–C) groups is 1. The number of guanidine groups is 1. The highest BCUT2D eigenvalue weighted by Crippen LogP contribution is 2.42. The van der Waals surface area contributed by atoms with Crippen molar-refractivity contribution in [2.24, 2.45) is 16.1 Å². The summed E-state index contributed by atoms with van der Waals surface area (Å²) in [7, 11) is 1.68. The van der Waals surface area contributed by atoms with E-state index in [2.05, 4.69) is 24.2 Å². The first-order valence-corrected chi connectivity index (χ1v) is 5.54. The Morgan fingerprint density at radius 1 is 1.67 bits per heavy atom. The van der Waals surface area contributed by atoms with Gasteiger partial charge in [-0.05, 0) is 25.2 Å². The molecule has 0 aliphatic heterocycles. The maximum Gasteiger partial charge on any atom is 0.189 e. The third kappa shape index (κ3) is 3.38. The molecule has 1 aliphatic carbocycles. The molecule has 0 amide bonds. The quantitative estimate of drug-likeness (QED) is 0.543. The molecule has 0 aromatic heterocycles. The number of methoxy groups -OCH3 is 1. The van der Waals surface area contributed by atoms with Crippen molar-refractivity contribution in [2.75, 3.05) is 13.7 Å². The fourth-order valence-corrected chi connectivity index (χ4v) is 1.84. The Kier molecular flexibility index (Phi) is 3.97. The van der Waals surface area contributed by atoms with Gasteiger partial charge in [-0.3, -0.25) is 0 Å². The normalized spacial score (nSPS) is 26.9. The molecular weight excluding hydrogens is 190 g/mol. The van der Waals surface area contributed by atoms with Crippen LogP contribution in [0.5, 0.6) is 0 Å². The molecule has 15 heavy (non-hydrogen) atoms. The Hall–Kier alpha value is -0.770. The smallest absolute Gasteiger partial charge is 0.189 e. The monoisotopic (exact) mass is 213 g/mol. The van der Waals surface area contributed by atoms with Crippen molar-refractivity contribution in [3.8, 4) is 0 Å². The summed E-state index contributed by atoms with van der Waals surface area (Å²) in [6.07, 6.45) is 2.39. The second kappa shape index (κ2) is 4.84. The molecular formula is C11H23N3O. The van der Waals surface area contributed by atoms with Crippen LogP contribution in [0, 0.1) is 5.41 Å². The van der Waals surface area contributed by atoms with E-state index < -0.39 is 0 Å². The first kappa shape index (κ1) is 12.3. The van der Waals surface area contributed by atoms with Crippen LogP contribution in [0.4, 0.5) is 0 Å². The van der Waals surface area contributed by atoms with Crippen molar-refractivity contribution in [3.05, 3.63) is 0 Å². The molecule has 0 bridgehead atoms. The maximum absolute atomic E-state index is 5.82. The van der Waals surface area contributed by atoms with Crippen LogP contribution in [0.15, 0.2) is 4.99 Å². The number of nitrogens with zero attached hydrogens (tertiary/aromatic N) is 1. The van der Waals surface area contributed by atoms with E-state index in [-0.39, 0.29) is 6.04 Å². The summed E-state index contributed by atoms with van der Waals surface area (Å²) in [5, 5.41) is 3.12. The third-order valence-electron chi connectivity index (χ3n) is 3.07. The Labute approximate surface area is 92.3 Å². The van der Waals surface area contributed by atoms with Gasteiger partial charge < -0.3 is 15.8 Å². The first-order chi connectivity index (χ1) is 6.95. The zero-order valence-electron chi connectivity index (χ0n) is 10.2. The molecule has 4 heteroatoms. The molecule has 0 saturated heterocycles. The van der Waals surface area contributed by atoms with Crippen LogP contribution >= 0.6 is 0 Å². The predicted octanol–water partition coefficient (Wildman–Crippen LogP) is 1.11. The zero-order chi connectivity index (χ0) is 11.5. The highest BCUT2D eigenvalue weighted by atomic mass is 16.5. The second-order valence-electron chi connectivity index (χ2n) is 5.06. The largest absolute Gasteiger partial charge is 0.383 e. The number of nitrogens with one attached hydrogen (secondary N) is 1. The van der Waals surface area contributed by atoms with Crippen LogP contribution < -0.4 is 11.1 Å². The van der Waals surface area contributed by atoms with E-state index in [0.29, 0.717) is 24.0 Å². The Balaban J connectivity index is 2.39. The topological polar surface area (TPSA) is 59.6 Å². The van der Waals surface area contributed by atoms with Crippen LogP contribution in [-0.2, 0) is 4.74 Å². The van der Waals surface area contributed by atoms with Gasteiger partial charge in [-0.1, -0.05) is 13.8 Å². The van der Waals surface area contributed by atoms with E-state index in [1.165, 1.54) is 6.42 Å². The van der Waals surface area contributed by atoms with Gasteiger partial charge in [0.1, 0.15) is 0 Å². The average Bonchev–Trinajstić information content (AvgIpc) is 2.13. The molecule has 1 aliphatic rings. The van der Waals surface area contributed by atoms with E-state index >= 15 is 0 Å². The lowest BCUT2D eigenvalue weighted by Gasteiger charge is -2.41. The summed E-state index contributed by atoms with van der Waals surface area (Å²) in [5.74, 6) is 0.539. The van der Waals surface area contributed by atoms with Crippen LogP contribution in [0.2, 0.25) is 0 Å². The minimum Gasteiger partial charge on any atom is -0.383 e. The lowest BCUT2D eigenvalue weighted by Crippen LogP contribution is -2.45. The van der Waals surface area contributed by atoms with Gasteiger partial charge in [0.2, 0.25) is 0 Å². The molecule has 1 rings (SSSR count). The minimum absolute atomic E-state index is 0.210. The molecule has 2 unspecified atom stereocenters. The van der Waals surface area contributed by atoms with Gasteiger partial charge in [-0.25, -0.2) is 4.99 Å². The molecule has 0 aromatic carbocycles. The van der Waals surface area contributed by atoms with Crippen LogP contribution in [0.25, 0.3) is 0 Å². The standard InChI is InChI=1S/C11H23N3O/c1-8(7-15-4)13-10(12)14-9-5-6-11(9,2)3/h8-9H,5-7H2,1-4H3,(H3,12,13,14). The van der Waals surface area contributed by atoms with Crippen molar-refractivity contribution in [1.82, 2.24) is 5.32 Å². The summed E-state index contributed by atoms with van der Waals surface area (Å²) in [5.41, 5.74) is 6.14. The van der Waals surface area contributed by atoms with E-state index in [4.69, 9.17) is 10.5 Å². The van der Waals surface area contributed by atoms with Crippen LogP contribution in [0.3, 0.4) is 0 Å². The molecule has 1 fully saturated rings. The van der Waals surface area contributed by atoms with Crippen molar-refractivity contribution in [1.29, 1.82) is 0 Å². The molecule has 0 spiro atoms. The average molecular weight is 213 g/mol. The van der Waals surface area contributed by atoms with Crippen LogP contribution in [-0.4, -0.2) is 31.8 Å². The lowest BCUT2D eigenvalue weighted by molar-refractivity contribution is 0.144. The molecule has 0 aromatic rings. The maximum atomic E-state index is 5.82. The second-order valence-corrected chi connectivity index (χ2v) is 5.06. The van der Waals surface area contributed by atoms with Crippen molar-refractivity contribution in [2.45, 2.75) is 45.7 Å². The van der Waals surface area contributed by atoms with Gasteiger partial charge >= 0.3 is 0 Å². The molecule has 1 saturated carbocycles. The molecule has 4 nitrogen and oxygen atoms in total. The van der Waals surface area contributed by atoms with E-state index in [1.807, 2.05) is 6.92 Å². The highest BCUT2D eigenvalue weighted by molar-refractivity contribution is 5.78. The SMILES string of the molecule is COCC(C)NC(N)=NC1CCC1(C)C. The van der Waals surface area contributed by atoms with Gasteiger partial charge in [0.25, 0.3) is 0 Å². The third-order valence-corrected chi connectivity index (χ3v) is 3.07. The first-order valence-electron chi connectivity index (χ1n) is 5.54. The number of ether oxygens (including phenoxy) is 1. The number of nitrogens with two attached hydrogens (primary N) is 1. The lowest BCUT2D eigenvalue weighted by atomic mass is 9.68. The number of rotatable bonds is 4. The summed E-state index contributed by atoms with van der Waals surface area (Å²) >= 11 is 0.